The summed E-state index contributed by atoms with van der Waals surface area (Å²) >= 11 is 6.04. The summed E-state index contributed by atoms with van der Waals surface area (Å²) in [5.74, 6) is 0. The number of hydrogen-bond donors (Lipinski definition) is 2. The third-order valence-electron chi connectivity index (χ3n) is 5.92. The molecule has 2 atom stereocenters. The van der Waals surface area contributed by atoms with Crippen molar-refractivity contribution in [3.63, 3.8) is 0 Å². The number of hydrogen-bond acceptors (Lipinski definition) is 4. The summed E-state index contributed by atoms with van der Waals surface area (Å²) in [6, 6.07) is 15.7. The first-order valence-electron chi connectivity index (χ1n) is 9.33. The molecule has 1 saturated heterocycles. The normalized spacial score (nSPS) is 19.5. The number of morpholine rings is 1. The topological polar surface area (TPSA) is 52.9 Å². The molecular weight excluding hydrogens is 362 g/mol. The van der Waals surface area contributed by atoms with Crippen LogP contribution in [0.5, 0.6) is 0 Å². The van der Waals surface area contributed by atoms with Crippen LogP contribution >= 0.6 is 11.6 Å². The maximum Gasteiger partial charge on any atom is 0.137 e. The Labute approximate surface area is 166 Å². The Hall–Kier alpha value is -1.43. The zero-order valence-electron chi connectivity index (χ0n) is 16.2. The van der Waals surface area contributed by atoms with E-state index in [2.05, 4.69) is 0 Å². The molecule has 0 saturated carbocycles. The van der Waals surface area contributed by atoms with Crippen LogP contribution in [-0.2, 0) is 10.2 Å². The van der Waals surface area contributed by atoms with Crippen molar-refractivity contribution in [1.29, 1.82) is 0 Å². The van der Waals surface area contributed by atoms with Gasteiger partial charge in [-0.25, -0.2) is 0 Å². The van der Waals surface area contributed by atoms with Crippen molar-refractivity contribution in [1.82, 2.24) is 4.90 Å². The minimum Gasteiger partial charge on any atom is -0.385 e. The second-order valence-electron chi connectivity index (χ2n) is 7.85. The summed E-state index contributed by atoms with van der Waals surface area (Å²) < 4.78 is 5.37. The smallest absolute Gasteiger partial charge is 0.137 e. The zero-order valence-corrected chi connectivity index (χ0v) is 16.9. The molecule has 1 fully saturated rings. The molecule has 4 nitrogen and oxygen atoms in total. The molecule has 1 heterocycles. The molecule has 146 valence electrons. The lowest BCUT2D eigenvalue weighted by molar-refractivity contribution is -0.184. The van der Waals surface area contributed by atoms with Gasteiger partial charge in [-0.05, 0) is 35.7 Å². The van der Waals surface area contributed by atoms with Crippen LogP contribution in [0.3, 0.4) is 0 Å². The van der Waals surface area contributed by atoms with Gasteiger partial charge in [0, 0.05) is 23.5 Å². The molecule has 1 aliphatic heterocycles. The van der Waals surface area contributed by atoms with E-state index < -0.39 is 17.2 Å². The average Bonchev–Trinajstić information content (AvgIpc) is 2.68. The predicted octanol–water partition coefficient (Wildman–Crippen LogP) is 3.69. The van der Waals surface area contributed by atoms with Crippen molar-refractivity contribution >= 4 is 11.6 Å². The van der Waals surface area contributed by atoms with E-state index in [1.807, 2.05) is 67.3 Å². The second-order valence-corrected chi connectivity index (χ2v) is 8.28. The third-order valence-corrected chi connectivity index (χ3v) is 6.17. The Bertz CT molecular complexity index is 767. The number of aliphatic hydroxyl groups is 2. The average molecular weight is 390 g/mol. The van der Waals surface area contributed by atoms with E-state index in [0.717, 1.165) is 16.7 Å². The molecule has 0 amide bonds. The molecule has 2 aromatic carbocycles. The van der Waals surface area contributed by atoms with Crippen molar-refractivity contribution < 1.29 is 14.9 Å². The molecule has 0 spiro atoms. The number of benzene rings is 2. The lowest BCUT2D eigenvalue weighted by Gasteiger charge is -2.48. The number of nitrogens with zero attached hydrogens (tertiary/aromatic N) is 1. The lowest BCUT2D eigenvalue weighted by atomic mass is 9.67. The molecule has 27 heavy (non-hydrogen) atoms. The Morgan fingerprint density at radius 3 is 2.22 bits per heavy atom. The molecule has 3 rings (SSSR count). The van der Waals surface area contributed by atoms with Crippen molar-refractivity contribution in [2.45, 2.75) is 38.0 Å². The van der Waals surface area contributed by atoms with E-state index in [4.69, 9.17) is 16.3 Å². The highest BCUT2D eigenvalue weighted by atomic mass is 35.5. The standard InChI is InChI=1S/C22H28ClNO3/c1-21(2,22(3,26)20(25)24-12-14-27-15-13-24)19-7-5-4-6-18(19)16-8-10-17(23)11-9-16/h4-11,20,25-26H,12-15H2,1-3H3. The van der Waals surface area contributed by atoms with Gasteiger partial charge in [-0.15, -0.1) is 0 Å². The minimum absolute atomic E-state index is 0.564. The van der Waals surface area contributed by atoms with E-state index in [1.165, 1.54) is 0 Å². The summed E-state index contributed by atoms with van der Waals surface area (Å²) in [7, 11) is 0. The van der Waals surface area contributed by atoms with Crippen LogP contribution in [0.4, 0.5) is 0 Å². The van der Waals surface area contributed by atoms with Gasteiger partial charge in [0.25, 0.3) is 0 Å². The quantitative estimate of drug-likeness (QED) is 0.818. The van der Waals surface area contributed by atoms with Crippen LogP contribution < -0.4 is 0 Å². The van der Waals surface area contributed by atoms with Crippen LogP contribution in [0.25, 0.3) is 11.1 Å². The van der Waals surface area contributed by atoms with E-state index in [0.29, 0.717) is 31.3 Å². The first kappa shape index (κ1) is 20.3. The Morgan fingerprint density at radius 1 is 1.00 bits per heavy atom. The molecule has 2 unspecified atom stereocenters. The first-order valence-corrected chi connectivity index (χ1v) is 9.70. The largest absolute Gasteiger partial charge is 0.385 e. The van der Waals surface area contributed by atoms with Crippen LogP contribution in [0.15, 0.2) is 48.5 Å². The molecule has 5 heteroatoms. The molecule has 0 aliphatic carbocycles. The highest BCUT2D eigenvalue weighted by Crippen LogP contribution is 2.42. The summed E-state index contributed by atoms with van der Waals surface area (Å²) in [5.41, 5.74) is 0.950. The number of aliphatic hydroxyl groups excluding tert-OH is 1. The van der Waals surface area contributed by atoms with E-state index in [1.54, 1.807) is 6.92 Å². The predicted molar refractivity (Wildman–Crippen MR) is 109 cm³/mol. The van der Waals surface area contributed by atoms with Gasteiger partial charge in [-0.3, -0.25) is 4.90 Å². The van der Waals surface area contributed by atoms with E-state index >= 15 is 0 Å². The summed E-state index contributed by atoms with van der Waals surface area (Å²) in [4.78, 5) is 1.89. The monoisotopic (exact) mass is 389 g/mol. The van der Waals surface area contributed by atoms with Crippen LogP contribution in [0.2, 0.25) is 5.02 Å². The van der Waals surface area contributed by atoms with Gasteiger partial charge in [0.1, 0.15) is 11.8 Å². The van der Waals surface area contributed by atoms with Gasteiger partial charge in [-0.2, -0.15) is 0 Å². The fourth-order valence-corrected chi connectivity index (χ4v) is 3.81. The molecule has 0 bridgehead atoms. The van der Waals surface area contributed by atoms with Gasteiger partial charge >= 0.3 is 0 Å². The number of ether oxygens (including phenoxy) is 1. The van der Waals surface area contributed by atoms with Gasteiger partial charge in [0.05, 0.1) is 13.2 Å². The van der Waals surface area contributed by atoms with Crippen molar-refractivity contribution in [3.8, 4) is 11.1 Å². The lowest BCUT2D eigenvalue weighted by Crippen LogP contribution is -2.62. The number of halogens is 1. The summed E-state index contributed by atoms with van der Waals surface area (Å²) in [6.07, 6.45) is -0.991. The third kappa shape index (κ3) is 3.91. The molecule has 2 N–H and O–H groups in total. The van der Waals surface area contributed by atoms with Crippen molar-refractivity contribution in [2.24, 2.45) is 0 Å². The van der Waals surface area contributed by atoms with Crippen molar-refractivity contribution in [2.75, 3.05) is 26.3 Å². The Morgan fingerprint density at radius 2 is 1.59 bits per heavy atom. The fraction of sp³-hybridized carbons (Fsp3) is 0.455. The van der Waals surface area contributed by atoms with Gasteiger partial charge in [-0.1, -0.05) is 61.8 Å². The maximum atomic E-state index is 11.5. The summed E-state index contributed by atoms with van der Waals surface area (Å²) in [5, 5.41) is 23.2. The molecule has 0 aromatic heterocycles. The van der Waals surface area contributed by atoms with Crippen LogP contribution in [0, 0.1) is 0 Å². The van der Waals surface area contributed by atoms with Gasteiger partial charge in [0.15, 0.2) is 0 Å². The Kier molecular flexibility index (Phi) is 5.94. The van der Waals surface area contributed by atoms with Gasteiger partial charge < -0.3 is 14.9 Å². The SMILES string of the molecule is CC(C)(c1ccccc1-c1ccc(Cl)cc1)C(C)(O)C(O)N1CCOCC1. The maximum absolute atomic E-state index is 11.5. The van der Waals surface area contributed by atoms with Crippen molar-refractivity contribution in [3.05, 3.63) is 59.1 Å². The fourth-order valence-electron chi connectivity index (χ4n) is 3.68. The highest BCUT2D eigenvalue weighted by Gasteiger charge is 2.49. The van der Waals surface area contributed by atoms with E-state index in [9.17, 15) is 10.2 Å². The summed E-state index contributed by atoms with van der Waals surface area (Å²) in [6.45, 7) is 8.00. The molecule has 0 radical (unpaired) electrons. The first-order chi connectivity index (χ1) is 12.7. The van der Waals surface area contributed by atoms with Crippen LogP contribution in [0.1, 0.15) is 26.3 Å². The zero-order chi connectivity index (χ0) is 19.7. The number of rotatable bonds is 5. The molecule has 2 aromatic rings. The second kappa shape index (κ2) is 7.90. The van der Waals surface area contributed by atoms with Gasteiger partial charge in [0.2, 0.25) is 0 Å². The highest BCUT2D eigenvalue weighted by molar-refractivity contribution is 6.30. The Balaban J connectivity index is 1.99. The molecular formula is C22H28ClNO3. The molecule has 1 aliphatic rings. The minimum atomic E-state index is -1.37. The van der Waals surface area contributed by atoms with E-state index in [-0.39, 0.29) is 0 Å². The van der Waals surface area contributed by atoms with Crippen LogP contribution in [-0.4, -0.2) is 53.2 Å².